The number of aliphatic hydroxyl groups excluding tert-OH is 1. The number of phosphoric acid groups is 2. The van der Waals surface area contributed by atoms with Gasteiger partial charge in [-0.05, 0) is 37.5 Å². The van der Waals surface area contributed by atoms with Crippen molar-refractivity contribution in [2.45, 2.75) is 394 Å². The Kier molecular flexibility index (Phi) is 63.7. The second-order valence-corrected chi connectivity index (χ2v) is 30.2. The van der Waals surface area contributed by atoms with Crippen molar-refractivity contribution in [2.75, 3.05) is 39.6 Å². The topological polar surface area (TPSA) is 237 Å². The van der Waals surface area contributed by atoms with E-state index >= 15 is 0 Å². The van der Waals surface area contributed by atoms with E-state index in [9.17, 15) is 43.2 Å². The highest BCUT2D eigenvalue weighted by molar-refractivity contribution is 7.47. The predicted octanol–water partition coefficient (Wildman–Crippen LogP) is 21.2. The van der Waals surface area contributed by atoms with Crippen LogP contribution in [-0.2, 0) is 65.4 Å². The molecule has 0 aliphatic carbocycles. The summed E-state index contributed by atoms with van der Waals surface area (Å²) in [6.45, 7) is 9.47. The van der Waals surface area contributed by atoms with Crippen LogP contribution in [0.15, 0.2) is 0 Å². The lowest BCUT2D eigenvalue weighted by Gasteiger charge is -2.21. The average molecular weight is 1350 g/mol. The first kappa shape index (κ1) is 90.1. The molecule has 0 aromatic rings. The molecule has 0 rings (SSSR count). The van der Waals surface area contributed by atoms with E-state index in [1.807, 2.05) is 0 Å². The third-order valence-electron chi connectivity index (χ3n) is 17.0. The van der Waals surface area contributed by atoms with Crippen LogP contribution in [0.5, 0.6) is 0 Å². The zero-order valence-corrected chi connectivity index (χ0v) is 61.6. The molecule has 5 atom stereocenters. The molecule has 0 saturated heterocycles. The summed E-state index contributed by atoms with van der Waals surface area (Å²) >= 11 is 0. The Morgan fingerprint density at radius 2 is 0.500 bits per heavy atom. The monoisotopic (exact) mass is 1350 g/mol. The molecule has 0 bridgehead atoms. The molecule has 17 nitrogen and oxygen atoms in total. The fourth-order valence-corrected chi connectivity index (χ4v) is 12.7. The van der Waals surface area contributed by atoms with E-state index in [-0.39, 0.29) is 25.7 Å². The quantitative estimate of drug-likeness (QED) is 0.0222. The lowest BCUT2D eigenvalue weighted by Crippen LogP contribution is -2.30. The third kappa shape index (κ3) is 66.7. The van der Waals surface area contributed by atoms with Crippen molar-refractivity contribution >= 4 is 39.5 Å². The van der Waals surface area contributed by atoms with Gasteiger partial charge >= 0.3 is 39.5 Å². The summed E-state index contributed by atoms with van der Waals surface area (Å²) in [4.78, 5) is 72.5. The maximum Gasteiger partial charge on any atom is 0.472 e. The first-order valence-corrected chi connectivity index (χ1v) is 41.0. The summed E-state index contributed by atoms with van der Waals surface area (Å²) in [5.74, 6) is -0.650. The summed E-state index contributed by atoms with van der Waals surface area (Å²) in [6, 6.07) is 0. The van der Waals surface area contributed by atoms with Crippen molar-refractivity contribution in [3.05, 3.63) is 0 Å². The highest BCUT2D eigenvalue weighted by atomic mass is 31.2. The number of carbonyl (C=O) groups is 4. The molecule has 0 aromatic carbocycles. The number of rotatable bonds is 72. The fourth-order valence-electron chi connectivity index (χ4n) is 11.1. The van der Waals surface area contributed by atoms with E-state index in [1.165, 1.54) is 180 Å². The molecule has 0 heterocycles. The second-order valence-electron chi connectivity index (χ2n) is 27.3. The lowest BCUT2D eigenvalue weighted by atomic mass is 10.0. The van der Waals surface area contributed by atoms with Crippen molar-refractivity contribution in [3.63, 3.8) is 0 Å². The number of ether oxygens (including phenoxy) is 4. The highest BCUT2D eigenvalue weighted by Gasteiger charge is 2.30. The van der Waals surface area contributed by atoms with Crippen LogP contribution in [0.25, 0.3) is 0 Å². The van der Waals surface area contributed by atoms with Gasteiger partial charge in [-0.25, -0.2) is 9.13 Å². The summed E-state index contributed by atoms with van der Waals surface area (Å²) < 4.78 is 68.2. The van der Waals surface area contributed by atoms with Crippen LogP contribution in [-0.4, -0.2) is 96.7 Å². The van der Waals surface area contributed by atoms with Gasteiger partial charge in [-0.3, -0.25) is 37.3 Å². The molecule has 2 unspecified atom stereocenters. The molecule has 0 aliphatic heterocycles. The van der Waals surface area contributed by atoms with Gasteiger partial charge in [-0.1, -0.05) is 324 Å². The Hall–Kier alpha value is -1.94. The third-order valence-corrected chi connectivity index (χ3v) is 18.9. The minimum Gasteiger partial charge on any atom is -0.462 e. The van der Waals surface area contributed by atoms with Crippen LogP contribution in [0, 0.1) is 11.8 Å². The summed E-state index contributed by atoms with van der Waals surface area (Å²) in [7, 11) is -9.90. The molecule has 0 saturated carbocycles. The van der Waals surface area contributed by atoms with Gasteiger partial charge in [0, 0.05) is 25.7 Å². The SMILES string of the molecule is CCCCCCCCCCCCCCCCCCCC(=O)OC[C@H](COP(=O)(O)OC[C@@H](O)COP(=O)(O)OC[C@@H](COC(=O)CCCCCCCCC)OC(=O)CCCCCCCCC(C)C)OC(=O)CCCCCCCCCCCCCCCCCCC(C)C. The summed E-state index contributed by atoms with van der Waals surface area (Å²) in [5.41, 5.74) is 0. The molecule has 0 aliphatic rings. The van der Waals surface area contributed by atoms with E-state index in [2.05, 4.69) is 41.5 Å². The van der Waals surface area contributed by atoms with Gasteiger partial charge in [0.15, 0.2) is 12.2 Å². The number of phosphoric ester groups is 2. The summed E-state index contributed by atoms with van der Waals surface area (Å²) in [6.07, 6.45) is 51.8. The molecular formula is C73H142O17P2. The van der Waals surface area contributed by atoms with Gasteiger partial charge in [-0.2, -0.15) is 0 Å². The molecule has 546 valence electrons. The van der Waals surface area contributed by atoms with E-state index in [0.717, 1.165) is 109 Å². The van der Waals surface area contributed by atoms with Crippen molar-refractivity contribution in [1.29, 1.82) is 0 Å². The van der Waals surface area contributed by atoms with Crippen LogP contribution < -0.4 is 0 Å². The minimum absolute atomic E-state index is 0.102. The van der Waals surface area contributed by atoms with Crippen LogP contribution in [0.3, 0.4) is 0 Å². The van der Waals surface area contributed by atoms with Crippen molar-refractivity contribution < 1.29 is 80.2 Å². The smallest absolute Gasteiger partial charge is 0.462 e. The Bertz CT molecular complexity index is 1790. The van der Waals surface area contributed by atoms with Crippen molar-refractivity contribution in [1.82, 2.24) is 0 Å². The van der Waals surface area contributed by atoms with Gasteiger partial charge in [0.25, 0.3) is 0 Å². The molecule has 0 amide bonds. The second kappa shape index (κ2) is 65.0. The first-order valence-electron chi connectivity index (χ1n) is 38.0. The molecule has 0 aromatic heterocycles. The molecule has 3 N–H and O–H groups in total. The van der Waals surface area contributed by atoms with Gasteiger partial charge in [-0.15, -0.1) is 0 Å². The predicted molar refractivity (Wildman–Crippen MR) is 372 cm³/mol. The van der Waals surface area contributed by atoms with Crippen LogP contribution >= 0.6 is 15.6 Å². The minimum atomic E-state index is -4.95. The van der Waals surface area contributed by atoms with Gasteiger partial charge < -0.3 is 33.8 Å². The lowest BCUT2D eigenvalue weighted by molar-refractivity contribution is -0.161. The average Bonchev–Trinajstić information content (AvgIpc) is 3.29. The Morgan fingerprint density at radius 1 is 0.293 bits per heavy atom. The van der Waals surface area contributed by atoms with Crippen molar-refractivity contribution in [2.24, 2.45) is 11.8 Å². The maximum atomic E-state index is 13.1. The van der Waals surface area contributed by atoms with Crippen molar-refractivity contribution in [3.8, 4) is 0 Å². The Labute approximate surface area is 562 Å². The molecule has 19 heteroatoms. The maximum absolute atomic E-state index is 13.1. The van der Waals surface area contributed by atoms with E-state index in [1.54, 1.807) is 0 Å². The van der Waals surface area contributed by atoms with E-state index in [0.29, 0.717) is 31.6 Å². The van der Waals surface area contributed by atoms with Crippen LogP contribution in [0.1, 0.15) is 375 Å². The van der Waals surface area contributed by atoms with Gasteiger partial charge in [0.2, 0.25) is 0 Å². The van der Waals surface area contributed by atoms with E-state index in [4.69, 9.17) is 37.0 Å². The zero-order valence-electron chi connectivity index (χ0n) is 59.9. The first-order chi connectivity index (χ1) is 44.4. The molecule has 0 fully saturated rings. The Morgan fingerprint density at radius 3 is 0.739 bits per heavy atom. The molecule has 92 heavy (non-hydrogen) atoms. The van der Waals surface area contributed by atoms with Gasteiger partial charge in [0.1, 0.15) is 19.3 Å². The molecule has 0 radical (unpaired) electrons. The van der Waals surface area contributed by atoms with Gasteiger partial charge in [0.05, 0.1) is 26.4 Å². The number of hydrogen-bond acceptors (Lipinski definition) is 15. The standard InChI is InChI=1S/C73H142O17P2/c1-7-9-11-13-15-16-17-18-19-20-24-27-30-33-37-44-50-56-71(76)84-62-68(89-72(77)57-51-45-38-34-31-28-25-22-21-23-26-29-32-36-41-47-53-65(3)4)63-87-91(79,80)85-59-67(74)60-86-92(81,82)88-64-69(61-83-70(75)55-49-43-35-14-12-10-8-2)90-73(78)58-52-46-40-39-42-48-54-66(5)6/h65-69,74H,7-64H2,1-6H3,(H,79,80)(H,81,82)/t67-,68-,69-/m1/s1. The highest BCUT2D eigenvalue weighted by Crippen LogP contribution is 2.45. The molecular weight excluding hydrogens is 1210 g/mol. The normalized spacial score (nSPS) is 14.1. The number of aliphatic hydroxyl groups is 1. The Balaban J connectivity index is 5.16. The van der Waals surface area contributed by atoms with Crippen LogP contribution in [0.4, 0.5) is 0 Å². The van der Waals surface area contributed by atoms with E-state index < -0.39 is 97.5 Å². The number of carbonyl (C=O) groups excluding carboxylic acids is 4. The van der Waals surface area contributed by atoms with Crippen LogP contribution in [0.2, 0.25) is 0 Å². The molecule has 0 spiro atoms. The fraction of sp³-hybridized carbons (Fsp3) is 0.945. The largest absolute Gasteiger partial charge is 0.472 e. The summed E-state index contributed by atoms with van der Waals surface area (Å²) in [5, 5.41) is 10.6. The number of hydrogen-bond donors (Lipinski definition) is 3. The number of esters is 4. The zero-order chi connectivity index (χ0) is 67.9. The number of unbranched alkanes of at least 4 members (excludes halogenated alkanes) is 42.